The summed E-state index contributed by atoms with van der Waals surface area (Å²) in [6.45, 7) is 11.7. The number of carbonyl (C=O) groups excluding carboxylic acids is 2. The van der Waals surface area contributed by atoms with Gasteiger partial charge in [0.1, 0.15) is 6.04 Å². The van der Waals surface area contributed by atoms with Crippen LogP contribution in [0.15, 0.2) is 30.3 Å². The smallest absolute Gasteiger partial charge is 0.245 e. The molecule has 0 saturated carbocycles. The van der Waals surface area contributed by atoms with Crippen molar-refractivity contribution in [2.75, 3.05) is 33.2 Å². The van der Waals surface area contributed by atoms with Gasteiger partial charge in [0, 0.05) is 32.6 Å². The number of hydrogen-bond donors (Lipinski definition) is 1. The summed E-state index contributed by atoms with van der Waals surface area (Å²) in [6, 6.07) is 9.76. The number of carbonyl (C=O) groups is 2. The summed E-state index contributed by atoms with van der Waals surface area (Å²) in [5.41, 5.74) is 1.18. The van der Waals surface area contributed by atoms with E-state index in [0.29, 0.717) is 24.7 Å². The van der Waals surface area contributed by atoms with Crippen molar-refractivity contribution in [1.82, 2.24) is 15.1 Å². The Balaban J connectivity index is 2.04. The Morgan fingerprint density at radius 1 is 1.00 bits per heavy atom. The minimum Gasteiger partial charge on any atom is -0.344 e. The lowest BCUT2D eigenvalue weighted by Gasteiger charge is -2.35. The van der Waals surface area contributed by atoms with E-state index < -0.39 is 6.04 Å². The second-order valence-corrected chi connectivity index (χ2v) is 8.84. The van der Waals surface area contributed by atoms with Crippen LogP contribution in [0.5, 0.6) is 0 Å². The van der Waals surface area contributed by atoms with E-state index in [-0.39, 0.29) is 17.7 Å². The van der Waals surface area contributed by atoms with Crippen LogP contribution >= 0.6 is 0 Å². The number of piperazine rings is 1. The zero-order valence-electron chi connectivity index (χ0n) is 18.1. The molecule has 2 rings (SSSR count). The van der Waals surface area contributed by atoms with Gasteiger partial charge in [-0.3, -0.25) is 9.59 Å². The number of nitrogens with zero attached hydrogens (tertiary/aromatic N) is 2. The lowest BCUT2D eigenvalue weighted by molar-refractivity contribution is -0.138. The van der Waals surface area contributed by atoms with E-state index in [1.165, 1.54) is 5.56 Å². The van der Waals surface area contributed by atoms with Crippen molar-refractivity contribution >= 4 is 11.8 Å². The Morgan fingerprint density at radius 3 is 2.14 bits per heavy atom. The van der Waals surface area contributed by atoms with Crippen LogP contribution in [0, 0.1) is 11.8 Å². The first kappa shape index (κ1) is 22.4. The van der Waals surface area contributed by atoms with Gasteiger partial charge >= 0.3 is 0 Å². The van der Waals surface area contributed by atoms with Gasteiger partial charge in [0.25, 0.3) is 0 Å². The molecule has 5 nitrogen and oxygen atoms in total. The van der Waals surface area contributed by atoms with Crippen molar-refractivity contribution in [1.29, 1.82) is 0 Å². The third-order valence-corrected chi connectivity index (χ3v) is 5.59. The SMILES string of the molecule is CC(C)C[C@H](NC(=O)CC(c1ccccc1)C(C)C)C(=O)N1CCN(C)CC1. The van der Waals surface area contributed by atoms with Crippen LogP contribution in [-0.2, 0) is 9.59 Å². The van der Waals surface area contributed by atoms with Gasteiger partial charge in [-0.05, 0) is 36.8 Å². The molecule has 1 heterocycles. The molecule has 1 N–H and O–H groups in total. The van der Waals surface area contributed by atoms with Gasteiger partial charge in [-0.1, -0.05) is 58.0 Å². The van der Waals surface area contributed by atoms with Crippen molar-refractivity contribution in [2.45, 2.75) is 52.5 Å². The molecule has 156 valence electrons. The predicted molar refractivity (Wildman–Crippen MR) is 114 cm³/mol. The molecule has 0 spiro atoms. The first-order chi connectivity index (χ1) is 13.3. The van der Waals surface area contributed by atoms with Crippen molar-refractivity contribution in [2.24, 2.45) is 11.8 Å². The molecule has 1 aromatic rings. The second-order valence-electron chi connectivity index (χ2n) is 8.84. The summed E-state index contributed by atoms with van der Waals surface area (Å²) in [5, 5.41) is 3.07. The lowest BCUT2D eigenvalue weighted by Crippen LogP contribution is -2.54. The molecule has 1 saturated heterocycles. The van der Waals surface area contributed by atoms with E-state index in [4.69, 9.17) is 0 Å². The molecule has 0 radical (unpaired) electrons. The number of rotatable bonds is 8. The summed E-state index contributed by atoms with van der Waals surface area (Å²) in [6.07, 6.45) is 1.08. The zero-order valence-corrected chi connectivity index (χ0v) is 18.1. The van der Waals surface area contributed by atoms with Crippen molar-refractivity contribution in [3.63, 3.8) is 0 Å². The molecular weight excluding hydrogens is 350 g/mol. The molecule has 28 heavy (non-hydrogen) atoms. The molecule has 1 aliphatic rings. The number of nitrogens with one attached hydrogen (secondary N) is 1. The Labute approximate surface area is 170 Å². The number of amides is 2. The summed E-state index contributed by atoms with van der Waals surface area (Å²) in [4.78, 5) is 30.1. The molecule has 1 fully saturated rings. The van der Waals surface area contributed by atoms with Crippen LogP contribution in [0.1, 0.15) is 52.0 Å². The average molecular weight is 388 g/mol. The molecular formula is C23H37N3O2. The van der Waals surface area contributed by atoms with E-state index in [1.807, 2.05) is 23.1 Å². The summed E-state index contributed by atoms with van der Waals surface area (Å²) in [5.74, 6) is 0.882. The van der Waals surface area contributed by atoms with Crippen LogP contribution in [0.3, 0.4) is 0 Å². The van der Waals surface area contributed by atoms with Crippen LogP contribution < -0.4 is 5.32 Å². The van der Waals surface area contributed by atoms with E-state index in [2.05, 4.69) is 57.1 Å². The predicted octanol–water partition coefficient (Wildman–Crippen LogP) is 3.12. The van der Waals surface area contributed by atoms with Gasteiger partial charge < -0.3 is 15.1 Å². The first-order valence-corrected chi connectivity index (χ1v) is 10.6. The Bertz CT molecular complexity index is 622. The van der Waals surface area contributed by atoms with E-state index in [9.17, 15) is 9.59 Å². The molecule has 0 aromatic heterocycles. The second kappa shape index (κ2) is 10.6. The molecule has 1 unspecified atom stereocenters. The average Bonchev–Trinajstić information content (AvgIpc) is 2.65. The van der Waals surface area contributed by atoms with Crippen molar-refractivity contribution in [3.8, 4) is 0 Å². The third-order valence-electron chi connectivity index (χ3n) is 5.59. The fourth-order valence-corrected chi connectivity index (χ4v) is 3.83. The fraction of sp³-hybridized carbons (Fsp3) is 0.652. The van der Waals surface area contributed by atoms with Crippen LogP contribution in [0.25, 0.3) is 0 Å². The Hall–Kier alpha value is -1.88. The summed E-state index contributed by atoms with van der Waals surface area (Å²) >= 11 is 0. The van der Waals surface area contributed by atoms with E-state index >= 15 is 0 Å². The van der Waals surface area contributed by atoms with E-state index in [0.717, 1.165) is 26.2 Å². The first-order valence-electron chi connectivity index (χ1n) is 10.6. The minimum absolute atomic E-state index is 0.0318. The Morgan fingerprint density at radius 2 is 1.61 bits per heavy atom. The molecule has 1 aromatic carbocycles. The van der Waals surface area contributed by atoms with Crippen LogP contribution in [0.4, 0.5) is 0 Å². The zero-order chi connectivity index (χ0) is 20.7. The normalized spacial score (nSPS) is 17.6. The number of likely N-dealkylation sites (N-methyl/N-ethyl adjacent to an activating group) is 1. The lowest BCUT2D eigenvalue weighted by atomic mass is 9.85. The van der Waals surface area contributed by atoms with Gasteiger partial charge in [-0.15, -0.1) is 0 Å². The fourth-order valence-electron chi connectivity index (χ4n) is 3.83. The maximum Gasteiger partial charge on any atom is 0.245 e. The highest BCUT2D eigenvalue weighted by Crippen LogP contribution is 2.27. The highest BCUT2D eigenvalue weighted by atomic mass is 16.2. The number of benzene rings is 1. The topological polar surface area (TPSA) is 52.7 Å². The number of hydrogen-bond acceptors (Lipinski definition) is 3. The van der Waals surface area contributed by atoms with Gasteiger partial charge in [0.15, 0.2) is 0 Å². The molecule has 0 bridgehead atoms. The monoisotopic (exact) mass is 387 g/mol. The molecule has 2 amide bonds. The minimum atomic E-state index is -0.431. The highest BCUT2D eigenvalue weighted by Gasteiger charge is 2.29. The quantitative estimate of drug-likeness (QED) is 0.746. The molecule has 5 heteroatoms. The van der Waals surface area contributed by atoms with Crippen molar-refractivity contribution in [3.05, 3.63) is 35.9 Å². The molecule has 2 atom stereocenters. The maximum absolute atomic E-state index is 13.1. The van der Waals surface area contributed by atoms with Gasteiger partial charge in [-0.25, -0.2) is 0 Å². The van der Waals surface area contributed by atoms with Gasteiger partial charge in [0.05, 0.1) is 0 Å². The van der Waals surface area contributed by atoms with Gasteiger partial charge in [-0.2, -0.15) is 0 Å². The van der Waals surface area contributed by atoms with Gasteiger partial charge in [0.2, 0.25) is 11.8 Å². The largest absolute Gasteiger partial charge is 0.344 e. The van der Waals surface area contributed by atoms with Crippen molar-refractivity contribution < 1.29 is 9.59 Å². The van der Waals surface area contributed by atoms with Crippen LogP contribution in [-0.4, -0.2) is 60.9 Å². The summed E-state index contributed by atoms with van der Waals surface area (Å²) < 4.78 is 0. The molecule has 1 aliphatic heterocycles. The highest BCUT2D eigenvalue weighted by molar-refractivity contribution is 5.88. The standard InChI is InChI=1S/C23H37N3O2/c1-17(2)15-21(23(28)26-13-11-25(5)12-14-26)24-22(27)16-20(18(3)4)19-9-7-6-8-10-19/h6-10,17-18,20-21H,11-16H2,1-5H3,(H,24,27)/t20?,21-/m0/s1. The molecule has 0 aliphatic carbocycles. The van der Waals surface area contributed by atoms with Crippen LogP contribution in [0.2, 0.25) is 0 Å². The third kappa shape index (κ3) is 6.62. The van der Waals surface area contributed by atoms with E-state index in [1.54, 1.807) is 0 Å². The Kier molecular flexibility index (Phi) is 8.49. The maximum atomic E-state index is 13.1. The summed E-state index contributed by atoms with van der Waals surface area (Å²) in [7, 11) is 2.07.